The molecule has 3 aromatic rings. The fourth-order valence-corrected chi connectivity index (χ4v) is 5.41. The van der Waals surface area contributed by atoms with Gasteiger partial charge >= 0.3 is 5.97 Å². The summed E-state index contributed by atoms with van der Waals surface area (Å²) in [6.45, 7) is 3.91. The fourth-order valence-electron chi connectivity index (χ4n) is 3.90. The third-order valence-electron chi connectivity index (χ3n) is 5.38. The van der Waals surface area contributed by atoms with Gasteiger partial charge < -0.3 is 14.5 Å². The van der Waals surface area contributed by atoms with Gasteiger partial charge in [0.25, 0.3) is 0 Å². The minimum Gasteiger partial charge on any atom is -0.491 e. The van der Waals surface area contributed by atoms with Crippen LogP contribution in [-0.4, -0.2) is 38.8 Å². The predicted octanol–water partition coefficient (Wildman–Crippen LogP) is 4.05. The quantitative estimate of drug-likeness (QED) is 0.492. The molecule has 6 nitrogen and oxygen atoms in total. The number of ether oxygens (including phenoxy) is 2. The number of aromatic nitrogens is 1. The van der Waals surface area contributed by atoms with E-state index >= 15 is 0 Å². The van der Waals surface area contributed by atoms with Gasteiger partial charge in [-0.05, 0) is 54.8 Å². The molecule has 0 saturated carbocycles. The molecule has 32 heavy (non-hydrogen) atoms. The first-order chi connectivity index (χ1) is 15.2. The van der Waals surface area contributed by atoms with Gasteiger partial charge in [0.05, 0.1) is 19.6 Å². The van der Waals surface area contributed by atoms with Crippen molar-refractivity contribution >= 4 is 15.8 Å². The number of aromatic amines is 1. The van der Waals surface area contributed by atoms with Crippen LogP contribution in [0.1, 0.15) is 36.2 Å². The molecular weight excluding hydrogens is 426 g/mol. The van der Waals surface area contributed by atoms with Gasteiger partial charge in [0.15, 0.2) is 9.84 Å². The van der Waals surface area contributed by atoms with Gasteiger partial charge in [-0.25, -0.2) is 8.42 Å². The standard InChI is InChI=1S/C25H29NO5S/c1-18(2)31-22-12-10-19(11-13-22)17-25(32(4,28)29,23-9-6-14-26-23)21-8-5-7-20(15-21)16-24(27)30-3/h5-15,18,26H,16-17H2,1-4H3. The Labute approximate surface area is 189 Å². The van der Waals surface area contributed by atoms with Crippen LogP contribution >= 0.6 is 0 Å². The summed E-state index contributed by atoms with van der Waals surface area (Å²) in [6.07, 6.45) is 3.29. The number of methoxy groups -OCH3 is 1. The molecule has 0 saturated heterocycles. The Balaban J connectivity index is 2.13. The van der Waals surface area contributed by atoms with Crippen LogP contribution < -0.4 is 4.74 Å². The van der Waals surface area contributed by atoms with Crippen molar-refractivity contribution < 1.29 is 22.7 Å². The number of carbonyl (C=O) groups excluding carboxylic acids is 1. The average Bonchev–Trinajstić information content (AvgIpc) is 3.27. The Kier molecular flexibility index (Phi) is 7.09. The molecule has 1 unspecified atom stereocenters. The molecule has 0 aliphatic heterocycles. The lowest BCUT2D eigenvalue weighted by Gasteiger charge is -2.32. The number of hydrogen-bond donors (Lipinski definition) is 1. The Hall–Kier alpha value is -3.06. The van der Waals surface area contributed by atoms with Crippen LogP contribution in [-0.2, 0) is 37.0 Å². The lowest BCUT2D eigenvalue weighted by atomic mass is 9.87. The van der Waals surface area contributed by atoms with E-state index < -0.39 is 14.6 Å². The SMILES string of the molecule is COC(=O)Cc1cccc(C(Cc2ccc(OC(C)C)cc2)(c2ccc[nH]2)S(C)(=O)=O)c1. The molecule has 170 valence electrons. The molecule has 0 aliphatic rings. The van der Waals surface area contributed by atoms with Gasteiger partial charge in [-0.3, -0.25) is 4.79 Å². The molecule has 0 spiro atoms. The van der Waals surface area contributed by atoms with Crippen molar-refractivity contribution in [1.29, 1.82) is 0 Å². The van der Waals surface area contributed by atoms with Crippen LogP contribution in [0.5, 0.6) is 5.75 Å². The number of esters is 1. The van der Waals surface area contributed by atoms with Crippen molar-refractivity contribution in [3.8, 4) is 5.75 Å². The van der Waals surface area contributed by atoms with Crippen LogP contribution in [0.2, 0.25) is 0 Å². The van der Waals surface area contributed by atoms with Crippen molar-refractivity contribution in [3.05, 3.63) is 89.2 Å². The second kappa shape index (κ2) is 9.61. The monoisotopic (exact) mass is 455 g/mol. The highest BCUT2D eigenvalue weighted by Gasteiger charge is 2.45. The molecule has 3 rings (SSSR count). The number of hydrogen-bond acceptors (Lipinski definition) is 5. The van der Waals surface area contributed by atoms with Gasteiger partial charge in [0, 0.05) is 24.6 Å². The molecule has 2 aromatic carbocycles. The molecular formula is C25H29NO5S. The average molecular weight is 456 g/mol. The topological polar surface area (TPSA) is 85.5 Å². The highest BCUT2D eigenvalue weighted by Crippen LogP contribution is 2.40. The van der Waals surface area contributed by atoms with Gasteiger partial charge in [-0.1, -0.05) is 36.4 Å². The number of H-pyrrole nitrogens is 1. The first-order valence-electron chi connectivity index (χ1n) is 10.4. The zero-order valence-electron chi connectivity index (χ0n) is 18.8. The van der Waals surface area contributed by atoms with E-state index in [-0.39, 0.29) is 24.9 Å². The Morgan fingerprint density at radius 3 is 2.31 bits per heavy atom. The maximum atomic E-state index is 13.4. The van der Waals surface area contributed by atoms with Gasteiger partial charge in [0.1, 0.15) is 10.5 Å². The largest absolute Gasteiger partial charge is 0.491 e. The van der Waals surface area contributed by atoms with Crippen LogP contribution in [0, 0.1) is 0 Å². The Bertz CT molecular complexity index is 1150. The van der Waals surface area contributed by atoms with Crippen LogP contribution in [0.3, 0.4) is 0 Å². The fraction of sp³-hybridized carbons (Fsp3) is 0.320. The first-order valence-corrected chi connectivity index (χ1v) is 12.3. The summed E-state index contributed by atoms with van der Waals surface area (Å²) >= 11 is 0. The van der Waals surface area contributed by atoms with Crippen LogP contribution in [0.25, 0.3) is 0 Å². The number of nitrogens with one attached hydrogen (secondary N) is 1. The van der Waals surface area contributed by atoms with E-state index in [4.69, 9.17) is 9.47 Å². The number of carbonyl (C=O) groups is 1. The maximum absolute atomic E-state index is 13.4. The van der Waals surface area contributed by atoms with Crippen molar-refractivity contribution in [2.24, 2.45) is 0 Å². The van der Waals surface area contributed by atoms with Crippen LogP contribution in [0.15, 0.2) is 66.9 Å². The summed E-state index contributed by atoms with van der Waals surface area (Å²) in [5, 5.41) is 0. The third-order valence-corrected chi connectivity index (χ3v) is 7.25. The van der Waals surface area contributed by atoms with Crippen LogP contribution in [0.4, 0.5) is 0 Å². The Morgan fingerprint density at radius 2 is 1.75 bits per heavy atom. The van der Waals surface area contributed by atoms with Gasteiger partial charge in [-0.15, -0.1) is 0 Å². The lowest BCUT2D eigenvalue weighted by Crippen LogP contribution is -2.39. The molecule has 7 heteroatoms. The summed E-state index contributed by atoms with van der Waals surface area (Å²) in [4.78, 5) is 14.9. The van der Waals surface area contributed by atoms with E-state index in [9.17, 15) is 13.2 Å². The Morgan fingerprint density at radius 1 is 1.03 bits per heavy atom. The molecule has 0 aliphatic carbocycles. The summed E-state index contributed by atoms with van der Waals surface area (Å²) < 4.78 is 36.0. The molecule has 0 amide bonds. The third kappa shape index (κ3) is 5.05. The van der Waals surface area contributed by atoms with Gasteiger partial charge in [0.2, 0.25) is 0 Å². The highest BCUT2D eigenvalue weighted by molar-refractivity contribution is 7.91. The van der Waals surface area contributed by atoms with E-state index in [0.29, 0.717) is 16.8 Å². The minimum atomic E-state index is -3.66. The summed E-state index contributed by atoms with van der Waals surface area (Å²) in [5.74, 6) is 0.348. The lowest BCUT2D eigenvalue weighted by molar-refractivity contribution is -0.139. The zero-order valence-corrected chi connectivity index (χ0v) is 19.6. The molecule has 1 heterocycles. The van der Waals surface area contributed by atoms with E-state index in [1.165, 1.54) is 13.4 Å². The second-order valence-electron chi connectivity index (χ2n) is 8.12. The smallest absolute Gasteiger partial charge is 0.309 e. The van der Waals surface area contributed by atoms with Crippen molar-refractivity contribution in [1.82, 2.24) is 4.98 Å². The van der Waals surface area contributed by atoms with E-state index in [0.717, 1.165) is 11.3 Å². The van der Waals surface area contributed by atoms with E-state index in [1.54, 1.807) is 42.6 Å². The number of sulfone groups is 1. The predicted molar refractivity (Wildman–Crippen MR) is 124 cm³/mol. The molecule has 1 N–H and O–H groups in total. The summed E-state index contributed by atoms with van der Waals surface area (Å²) in [7, 11) is -2.33. The van der Waals surface area contributed by atoms with Crippen molar-refractivity contribution in [3.63, 3.8) is 0 Å². The normalized spacial score (nSPS) is 13.5. The number of rotatable bonds is 9. The minimum absolute atomic E-state index is 0.0485. The molecule has 1 atom stereocenters. The van der Waals surface area contributed by atoms with E-state index in [1.807, 2.05) is 38.1 Å². The van der Waals surface area contributed by atoms with E-state index in [2.05, 4.69) is 4.98 Å². The zero-order chi connectivity index (χ0) is 23.4. The van der Waals surface area contributed by atoms with Crippen molar-refractivity contribution in [2.75, 3.05) is 13.4 Å². The molecule has 0 radical (unpaired) electrons. The molecule has 0 fully saturated rings. The maximum Gasteiger partial charge on any atom is 0.309 e. The second-order valence-corrected chi connectivity index (χ2v) is 10.4. The molecule has 0 bridgehead atoms. The highest BCUT2D eigenvalue weighted by atomic mass is 32.2. The van der Waals surface area contributed by atoms with Gasteiger partial charge in [-0.2, -0.15) is 0 Å². The molecule has 1 aromatic heterocycles. The van der Waals surface area contributed by atoms with Crippen molar-refractivity contribution in [2.45, 2.75) is 37.5 Å². The number of benzene rings is 2. The summed E-state index contributed by atoms with van der Waals surface area (Å²) in [5.41, 5.74) is 2.69. The first kappa shape index (κ1) is 23.6. The summed E-state index contributed by atoms with van der Waals surface area (Å²) in [6, 6.07) is 18.2.